The fraction of sp³-hybridized carbons (Fsp3) is 0.176. The Labute approximate surface area is 127 Å². The summed E-state index contributed by atoms with van der Waals surface area (Å²) >= 11 is 0. The number of ketones is 1. The van der Waals surface area contributed by atoms with Crippen LogP contribution in [0.4, 0.5) is 0 Å². The van der Waals surface area contributed by atoms with Crippen LogP contribution in [0.15, 0.2) is 47.9 Å². The van der Waals surface area contributed by atoms with E-state index in [1.807, 2.05) is 6.07 Å². The number of aliphatic hydroxyl groups excluding tert-OH is 1. The zero-order valence-electron chi connectivity index (χ0n) is 12.1. The standard InChI is InChI=1S/C17H13NO4/c1-17(2)16(20)15(21-12-5-4-11(19)8-12)13-7-10(9-18)3-6-14(13)22-17/h3-8,20H,1-2H3. The molecule has 110 valence electrons. The van der Waals surface area contributed by atoms with Crippen LogP contribution in [0.5, 0.6) is 5.75 Å². The molecule has 0 aromatic heterocycles. The molecule has 0 fully saturated rings. The zero-order chi connectivity index (χ0) is 15.9. The second-order valence-corrected chi connectivity index (χ2v) is 5.50. The molecule has 1 aliphatic heterocycles. The lowest BCUT2D eigenvalue weighted by atomic mass is 9.97. The van der Waals surface area contributed by atoms with Crippen LogP contribution in [0.1, 0.15) is 25.0 Å². The van der Waals surface area contributed by atoms with Gasteiger partial charge < -0.3 is 14.6 Å². The highest BCUT2D eigenvalue weighted by atomic mass is 16.5. The van der Waals surface area contributed by atoms with Crippen molar-refractivity contribution in [3.63, 3.8) is 0 Å². The van der Waals surface area contributed by atoms with E-state index < -0.39 is 5.60 Å². The van der Waals surface area contributed by atoms with Crippen LogP contribution in [0.2, 0.25) is 0 Å². The van der Waals surface area contributed by atoms with E-state index in [1.54, 1.807) is 32.0 Å². The smallest absolute Gasteiger partial charge is 0.182 e. The molecule has 1 N–H and O–H groups in total. The molecule has 0 amide bonds. The SMILES string of the molecule is CC1(C)Oc2ccc(C#N)cc2C(OC2=CC(=O)C=C2)=C1O. The minimum atomic E-state index is -0.969. The predicted molar refractivity (Wildman–Crippen MR) is 78.7 cm³/mol. The van der Waals surface area contributed by atoms with Crippen molar-refractivity contribution in [2.45, 2.75) is 19.4 Å². The van der Waals surface area contributed by atoms with Gasteiger partial charge in [-0.1, -0.05) is 0 Å². The van der Waals surface area contributed by atoms with Crippen LogP contribution < -0.4 is 4.74 Å². The number of hydrogen-bond acceptors (Lipinski definition) is 5. The molecule has 0 radical (unpaired) electrons. The Hall–Kier alpha value is -3.00. The Kier molecular flexibility index (Phi) is 3.03. The number of carbonyl (C=O) groups excluding carboxylic acids is 1. The fourth-order valence-corrected chi connectivity index (χ4v) is 2.28. The Morgan fingerprint density at radius 2 is 2.09 bits per heavy atom. The van der Waals surface area contributed by atoms with Gasteiger partial charge >= 0.3 is 0 Å². The Balaban J connectivity index is 2.12. The number of ether oxygens (including phenoxy) is 2. The van der Waals surface area contributed by atoms with Gasteiger partial charge in [0, 0.05) is 6.08 Å². The summed E-state index contributed by atoms with van der Waals surface area (Å²) in [6, 6.07) is 6.91. The molecule has 3 rings (SSSR count). The number of allylic oxidation sites excluding steroid dienone is 3. The highest BCUT2D eigenvalue weighted by Gasteiger charge is 2.37. The van der Waals surface area contributed by atoms with E-state index in [1.165, 1.54) is 18.2 Å². The molecule has 2 aliphatic rings. The molecule has 1 aromatic carbocycles. The molecule has 0 saturated carbocycles. The molecule has 1 heterocycles. The van der Waals surface area contributed by atoms with Gasteiger partial charge in [0.1, 0.15) is 11.5 Å². The summed E-state index contributed by atoms with van der Waals surface area (Å²) in [5, 5.41) is 19.5. The summed E-state index contributed by atoms with van der Waals surface area (Å²) in [7, 11) is 0. The van der Waals surface area contributed by atoms with Gasteiger partial charge in [0.2, 0.25) is 0 Å². The van der Waals surface area contributed by atoms with E-state index in [9.17, 15) is 9.90 Å². The first kappa shape index (κ1) is 14.0. The number of fused-ring (bicyclic) bond motifs is 1. The van der Waals surface area contributed by atoms with Crippen LogP contribution in [0, 0.1) is 11.3 Å². The van der Waals surface area contributed by atoms with Gasteiger partial charge in [0.05, 0.1) is 17.2 Å². The predicted octanol–water partition coefficient (Wildman–Crippen LogP) is 3.00. The lowest BCUT2D eigenvalue weighted by Crippen LogP contribution is -2.35. The molecule has 22 heavy (non-hydrogen) atoms. The van der Waals surface area contributed by atoms with Crippen molar-refractivity contribution >= 4 is 11.5 Å². The van der Waals surface area contributed by atoms with E-state index in [-0.39, 0.29) is 17.3 Å². The lowest BCUT2D eigenvalue weighted by molar-refractivity contribution is -0.110. The molecule has 1 aromatic rings. The van der Waals surface area contributed by atoms with Gasteiger partial charge in [0.15, 0.2) is 22.9 Å². The third-order valence-electron chi connectivity index (χ3n) is 3.42. The van der Waals surface area contributed by atoms with Gasteiger partial charge in [-0.05, 0) is 44.2 Å². The molecule has 5 nitrogen and oxygen atoms in total. The zero-order valence-corrected chi connectivity index (χ0v) is 12.1. The van der Waals surface area contributed by atoms with Crippen LogP contribution in [-0.4, -0.2) is 16.5 Å². The van der Waals surface area contributed by atoms with Crippen molar-refractivity contribution in [3.8, 4) is 11.8 Å². The van der Waals surface area contributed by atoms with Crippen molar-refractivity contribution in [3.05, 3.63) is 59.1 Å². The number of nitrogens with zero attached hydrogens (tertiary/aromatic N) is 1. The third-order valence-corrected chi connectivity index (χ3v) is 3.42. The van der Waals surface area contributed by atoms with Crippen molar-refractivity contribution < 1.29 is 19.4 Å². The van der Waals surface area contributed by atoms with E-state index >= 15 is 0 Å². The monoisotopic (exact) mass is 295 g/mol. The van der Waals surface area contributed by atoms with Gasteiger partial charge in [-0.15, -0.1) is 0 Å². The van der Waals surface area contributed by atoms with Crippen LogP contribution in [-0.2, 0) is 9.53 Å². The molecule has 0 spiro atoms. The molecule has 0 bridgehead atoms. The largest absolute Gasteiger partial charge is 0.505 e. The van der Waals surface area contributed by atoms with Crippen molar-refractivity contribution in [1.29, 1.82) is 5.26 Å². The molecule has 0 atom stereocenters. The average molecular weight is 295 g/mol. The molecular formula is C17H13NO4. The second kappa shape index (κ2) is 4.78. The minimum Gasteiger partial charge on any atom is -0.505 e. The fourth-order valence-electron chi connectivity index (χ4n) is 2.28. The quantitative estimate of drug-likeness (QED) is 0.907. The lowest BCUT2D eigenvalue weighted by Gasteiger charge is -2.33. The topological polar surface area (TPSA) is 79.5 Å². The van der Waals surface area contributed by atoms with Crippen molar-refractivity contribution in [1.82, 2.24) is 0 Å². The van der Waals surface area contributed by atoms with Gasteiger partial charge in [0.25, 0.3) is 0 Å². The normalized spacial score (nSPS) is 18.4. The number of aliphatic hydroxyl groups is 1. The molecule has 5 heteroatoms. The summed E-state index contributed by atoms with van der Waals surface area (Å²) < 4.78 is 11.4. The Morgan fingerprint density at radius 3 is 2.73 bits per heavy atom. The number of hydrogen-bond donors (Lipinski definition) is 1. The summed E-state index contributed by atoms with van der Waals surface area (Å²) in [5.41, 5.74) is -0.0730. The first-order valence-corrected chi connectivity index (χ1v) is 6.69. The van der Waals surface area contributed by atoms with Gasteiger partial charge in [-0.25, -0.2) is 0 Å². The van der Waals surface area contributed by atoms with E-state index in [0.29, 0.717) is 22.6 Å². The first-order valence-electron chi connectivity index (χ1n) is 6.69. The Morgan fingerprint density at radius 1 is 1.32 bits per heavy atom. The molecule has 0 unspecified atom stereocenters. The number of carbonyl (C=O) groups is 1. The highest BCUT2D eigenvalue weighted by molar-refractivity contribution is 6.02. The van der Waals surface area contributed by atoms with E-state index in [4.69, 9.17) is 14.7 Å². The number of rotatable bonds is 2. The maximum atomic E-state index is 11.3. The number of nitriles is 1. The maximum absolute atomic E-state index is 11.3. The van der Waals surface area contributed by atoms with Crippen molar-refractivity contribution in [2.24, 2.45) is 0 Å². The summed E-state index contributed by atoms with van der Waals surface area (Å²) in [6.45, 7) is 3.41. The maximum Gasteiger partial charge on any atom is 0.182 e. The van der Waals surface area contributed by atoms with Gasteiger partial charge in [-0.3, -0.25) is 4.79 Å². The summed E-state index contributed by atoms with van der Waals surface area (Å²) in [6.07, 6.45) is 4.24. The first-order chi connectivity index (χ1) is 10.4. The third kappa shape index (κ3) is 2.25. The van der Waals surface area contributed by atoms with Crippen LogP contribution in [0.3, 0.4) is 0 Å². The number of benzene rings is 1. The van der Waals surface area contributed by atoms with Crippen LogP contribution >= 0.6 is 0 Å². The van der Waals surface area contributed by atoms with Crippen LogP contribution in [0.25, 0.3) is 5.76 Å². The highest BCUT2D eigenvalue weighted by Crippen LogP contribution is 2.41. The molecular weight excluding hydrogens is 282 g/mol. The molecule has 0 saturated heterocycles. The summed E-state index contributed by atoms with van der Waals surface area (Å²) in [5.74, 6) is 0.758. The van der Waals surface area contributed by atoms with Crippen molar-refractivity contribution in [2.75, 3.05) is 0 Å². The summed E-state index contributed by atoms with van der Waals surface area (Å²) in [4.78, 5) is 11.3. The second-order valence-electron chi connectivity index (χ2n) is 5.50. The minimum absolute atomic E-state index is 0.0938. The van der Waals surface area contributed by atoms with E-state index in [2.05, 4.69) is 0 Å². The average Bonchev–Trinajstić information content (AvgIpc) is 2.88. The van der Waals surface area contributed by atoms with E-state index in [0.717, 1.165) is 0 Å². The molecule has 1 aliphatic carbocycles. The van der Waals surface area contributed by atoms with Gasteiger partial charge in [-0.2, -0.15) is 5.26 Å². The Bertz CT molecular complexity index is 806.